The topological polar surface area (TPSA) is 52.3 Å². The summed E-state index contributed by atoms with van der Waals surface area (Å²) in [6, 6.07) is 0.0399. The van der Waals surface area contributed by atoms with Gasteiger partial charge in [0.25, 0.3) is 0 Å². The van der Waals surface area contributed by atoms with Gasteiger partial charge in [0.05, 0.1) is 12.5 Å². The number of carbonyl (C=O) groups is 1. The number of fused-ring (bicyclic) bond motifs is 1. The number of esters is 1. The Kier molecular flexibility index (Phi) is 5.74. The SMILES string of the molecule is CCOC(=O)C1CCC2CCCCC2C1N.Cl. The van der Waals surface area contributed by atoms with E-state index in [0.29, 0.717) is 12.5 Å². The molecule has 0 aromatic carbocycles. The lowest BCUT2D eigenvalue weighted by atomic mass is 9.65. The predicted octanol–water partition coefficient (Wildman–Crippen LogP) is 2.52. The lowest BCUT2D eigenvalue weighted by Crippen LogP contribution is -2.49. The fourth-order valence-corrected chi connectivity index (χ4v) is 3.51. The zero-order valence-electron chi connectivity index (χ0n) is 10.6. The van der Waals surface area contributed by atoms with Gasteiger partial charge in [-0.25, -0.2) is 0 Å². The van der Waals surface area contributed by atoms with Gasteiger partial charge in [-0.3, -0.25) is 4.79 Å². The highest BCUT2D eigenvalue weighted by Crippen LogP contribution is 2.42. The Morgan fingerprint density at radius 1 is 1.24 bits per heavy atom. The highest BCUT2D eigenvalue weighted by atomic mass is 35.5. The van der Waals surface area contributed by atoms with Crippen LogP contribution in [0.25, 0.3) is 0 Å². The van der Waals surface area contributed by atoms with Gasteiger partial charge in [0.15, 0.2) is 0 Å². The molecule has 0 amide bonds. The third-order valence-corrected chi connectivity index (χ3v) is 4.36. The Morgan fingerprint density at radius 2 is 1.94 bits per heavy atom. The second-order valence-electron chi connectivity index (χ2n) is 5.22. The van der Waals surface area contributed by atoms with Crippen LogP contribution in [0.1, 0.15) is 45.4 Å². The summed E-state index contributed by atoms with van der Waals surface area (Å²) in [6.07, 6.45) is 7.25. The van der Waals surface area contributed by atoms with Crippen LogP contribution in [0.5, 0.6) is 0 Å². The molecule has 2 rings (SSSR count). The first kappa shape index (κ1) is 14.8. The van der Waals surface area contributed by atoms with E-state index < -0.39 is 0 Å². The van der Waals surface area contributed by atoms with Crippen LogP contribution in [-0.4, -0.2) is 18.6 Å². The van der Waals surface area contributed by atoms with Crippen molar-refractivity contribution < 1.29 is 9.53 Å². The van der Waals surface area contributed by atoms with Gasteiger partial charge in [0.2, 0.25) is 0 Å². The van der Waals surface area contributed by atoms with Crippen molar-refractivity contribution >= 4 is 18.4 Å². The third kappa shape index (κ3) is 3.14. The van der Waals surface area contributed by atoms with E-state index in [2.05, 4.69) is 0 Å². The molecule has 0 aliphatic heterocycles. The van der Waals surface area contributed by atoms with Gasteiger partial charge >= 0.3 is 5.97 Å². The number of hydrogen-bond donors (Lipinski definition) is 1. The molecule has 0 radical (unpaired) electrons. The lowest BCUT2D eigenvalue weighted by molar-refractivity contribution is -0.151. The second kappa shape index (κ2) is 6.60. The summed E-state index contributed by atoms with van der Waals surface area (Å²) >= 11 is 0. The van der Waals surface area contributed by atoms with Gasteiger partial charge in [-0.1, -0.05) is 19.3 Å². The highest BCUT2D eigenvalue weighted by molar-refractivity contribution is 5.85. The largest absolute Gasteiger partial charge is 0.466 e. The second-order valence-corrected chi connectivity index (χ2v) is 5.22. The molecule has 2 fully saturated rings. The van der Waals surface area contributed by atoms with Crippen molar-refractivity contribution in [3.8, 4) is 0 Å². The summed E-state index contributed by atoms with van der Waals surface area (Å²) in [5.41, 5.74) is 6.26. The van der Waals surface area contributed by atoms with Crippen LogP contribution in [0.2, 0.25) is 0 Å². The Balaban J connectivity index is 0.00000144. The minimum atomic E-state index is -0.0703. The zero-order valence-corrected chi connectivity index (χ0v) is 11.4. The molecule has 0 saturated heterocycles. The van der Waals surface area contributed by atoms with Crippen molar-refractivity contribution in [3.63, 3.8) is 0 Å². The fraction of sp³-hybridized carbons (Fsp3) is 0.923. The van der Waals surface area contributed by atoms with Gasteiger partial charge < -0.3 is 10.5 Å². The molecular formula is C13H24ClNO2. The van der Waals surface area contributed by atoms with E-state index in [1.807, 2.05) is 6.92 Å². The molecule has 0 aromatic heterocycles. The monoisotopic (exact) mass is 261 g/mol. The first-order valence-corrected chi connectivity index (χ1v) is 6.66. The standard InChI is InChI=1S/C13H23NO2.ClH/c1-2-16-13(15)11-8-7-9-5-3-4-6-10(9)12(11)14;/h9-12H,2-8,14H2,1H3;1H. The van der Waals surface area contributed by atoms with E-state index in [0.717, 1.165) is 12.3 Å². The number of nitrogens with two attached hydrogens (primary N) is 1. The summed E-state index contributed by atoms with van der Waals surface area (Å²) in [5, 5.41) is 0. The van der Waals surface area contributed by atoms with Crippen molar-refractivity contribution in [1.82, 2.24) is 0 Å². The summed E-state index contributed by atoms with van der Waals surface area (Å²) in [6.45, 7) is 2.33. The minimum absolute atomic E-state index is 0. The number of rotatable bonds is 2. The zero-order chi connectivity index (χ0) is 11.5. The molecule has 4 atom stereocenters. The molecule has 2 aliphatic carbocycles. The molecule has 0 spiro atoms. The fourth-order valence-electron chi connectivity index (χ4n) is 3.51. The van der Waals surface area contributed by atoms with E-state index in [9.17, 15) is 4.79 Å². The van der Waals surface area contributed by atoms with Crippen molar-refractivity contribution in [3.05, 3.63) is 0 Å². The maximum Gasteiger partial charge on any atom is 0.310 e. The van der Waals surface area contributed by atoms with Crippen molar-refractivity contribution in [2.45, 2.75) is 51.5 Å². The molecule has 0 heterocycles. The molecule has 0 aromatic rings. The van der Waals surface area contributed by atoms with E-state index in [1.165, 1.54) is 32.1 Å². The normalized spacial score (nSPS) is 36.6. The third-order valence-electron chi connectivity index (χ3n) is 4.36. The van der Waals surface area contributed by atoms with Crippen molar-refractivity contribution in [2.24, 2.45) is 23.5 Å². The molecule has 2 saturated carbocycles. The van der Waals surface area contributed by atoms with Crippen LogP contribution < -0.4 is 5.73 Å². The van der Waals surface area contributed by atoms with Crippen LogP contribution in [0.4, 0.5) is 0 Å². The van der Waals surface area contributed by atoms with E-state index >= 15 is 0 Å². The van der Waals surface area contributed by atoms with Crippen LogP contribution in [0.3, 0.4) is 0 Å². The Labute approximate surface area is 110 Å². The maximum atomic E-state index is 11.8. The molecule has 0 bridgehead atoms. The van der Waals surface area contributed by atoms with Crippen molar-refractivity contribution in [1.29, 1.82) is 0 Å². The maximum absolute atomic E-state index is 11.8. The summed E-state index contributed by atoms with van der Waals surface area (Å²) in [4.78, 5) is 11.8. The van der Waals surface area contributed by atoms with Crippen LogP contribution in [0.15, 0.2) is 0 Å². The highest BCUT2D eigenvalue weighted by Gasteiger charge is 2.41. The average Bonchev–Trinajstić information content (AvgIpc) is 2.30. The molecule has 4 unspecified atom stereocenters. The number of halogens is 1. The molecular weight excluding hydrogens is 238 g/mol. The first-order chi connectivity index (χ1) is 7.74. The van der Waals surface area contributed by atoms with Gasteiger partial charge in [-0.2, -0.15) is 0 Å². The summed E-state index contributed by atoms with van der Waals surface area (Å²) in [5.74, 6) is 1.23. The van der Waals surface area contributed by atoms with Gasteiger partial charge in [0.1, 0.15) is 0 Å². The van der Waals surface area contributed by atoms with Gasteiger partial charge in [0, 0.05) is 6.04 Å². The molecule has 17 heavy (non-hydrogen) atoms. The summed E-state index contributed by atoms with van der Waals surface area (Å²) in [7, 11) is 0. The van der Waals surface area contributed by atoms with E-state index in [-0.39, 0.29) is 30.3 Å². The minimum Gasteiger partial charge on any atom is -0.466 e. The molecule has 4 heteroatoms. The number of carbonyl (C=O) groups excluding carboxylic acids is 1. The lowest BCUT2D eigenvalue weighted by Gasteiger charge is -2.43. The average molecular weight is 262 g/mol. The first-order valence-electron chi connectivity index (χ1n) is 6.66. The smallest absolute Gasteiger partial charge is 0.310 e. The van der Waals surface area contributed by atoms with Gasteiger partial charge in [-0.05, 0) is 38.0 Å². The molecule has 2 N–H and O–H groups in total. The Bertz CT molecular complexity index is 260. The Morgan fingerprint density at radius 3 is 2.65 bits per heavy atom. The number of hydrogen-bond acceptors (Lipinski definition) is 3. The van der Waals surface area contributed by atoms with Crippen molar-refractivity contribution in [2.75, 3.05) is 6.61 Å². The summed E-state index contributed by atoms with van der Waals surface area (Å²) < 4.78 is 5.11. The van der Waals surface area contributed by atoms with Crippen LogP contribution in [-0.2, 0) is 9.53 Å². The number of ether oxygens (including phenoxy) is 1. The van der Waals surface area contributed by atoms with Gasteiger partial charge in [-0.15, -0.1) is 12.4 Å². The van der Waals surface area contributed by atoms with E-state index in [4.69, 9.17) is 10.5 Å². The van der Waals surface area contributed by atoms with Crippen LogP contribution >= 0.6 is 12.4 Å². The van der Waals surface area contributed by atoms with Crippen LogP contribution in [0, 0.1) is 17.8 Å². The van der Waals surface area contributed by atoms with E-state index in [1.54, 1.807) is 0 Å². The Hall–Kier alpha value is -0.280. The molecule has 3 nitrogen and oxygen atoms in total. The quantitative estimate of drug-likeness (QED) is 0.777. The molecule has 2 aliphatic rings. The predicted molar refractivity (Wildman–Crippen MR) is 70.0 cm³/mol. The molecule has 100 valence electrons.